The molecule has 1 saturated heterocycles. The fourth-order valence-electron chi connectivity index (χ4n) is 4.23. The summed E-state index contributed by atoms with van der Waals surface area (Å²) in [5, 5.41) is 0. The molecular formula is C26H25N3O3. The van der Waals surface area contributed by atoms with Crippen molar-refractivity contribution in [2.45, 2.75) is 6.42 Å². The predicted molar refractivity (Wildman–Crippen MR) is 124 cm³/mol. The maximum atomic E-state index is 13.2. The van der Waals surface area contributed by atoms with Crippen molar-refractivity contribution in [3.05, 3.63) is 83.9 Å². The van der Waals surface area contributed by atoms with Gasteiger partial charge in [0.15, 0.2) is 5.75 Å². The Bertz CT molecular complexity index is 1170. The van der Waals surface area contributed by atoms with Gasteiger partial charge in [0.2, 0.25) is 0 Å². The normalized spacial score (nSPS) is 15.5. The molecule has 32 heavy (non-hydrogen) atoms. The predicted octanol–water partition coefficient (Wildman–Crippen LogP) is 4.73. The first-order chi connectivity index (χ1) is 15.7. The third kappa shape index (κ3) is 3.80. The Hall–Kier alpha value is -3.80. The molecule has 6 nitrogen and oxygen atoms in total. The quantitative estimate of drug-likeness (QED) is 0.594. The highest BCUT2D eigenvalue weighted by Gasteiger charge is 2.27. The number of rotatable bonds is 2. The van der Waals surface area contributed by atoms with Crippen LogP contribution < -0.4 is 9.47 Å². The Balaban J connectivity index is 1.43. The van der Waals surface area contributed by atoms with E-state index in [9.17, 15) is 4.79 Å². The molecule has 3 aromatic rings. The lowest BCUT2D eigenvalue weighted by Gasteiger charge is -2.25. The van der Waals surface area contributed by atoms with Gasteiger partial charge in [-0.05, 0) is 42.8 Å². The van der Waals surface area contributed by atoms with Gasteiger partial charge >= 0.3 is 0 Å². The number of para-hydroxylation sites is 4. The van der Waals surface area contributed by atoms with Crippen LogP contribution in [-0.4, -0.2) is 54.8 Å². The van der Waals surface area contributed by atoms with E-state index in [1.165, 1.54) is 0 Å². The van der Waals surface area contributed by atoms with Crippen molar-refractivity contribution in [3.8, 4) is 17.2 Å². The lowest BCUT2D eigenvalue weighted by atomic mass is 10.1. The van der Waals surface area contributed by atoms with Crippen LogP contribution in [0.15, 0.2) is 77.8 Å². The van der Waals surface area contributed by atoms with E-state index in [4.69, 9.17) is 14.5 Å². The van der Waals surface area contributed by atoms with Crippen LogP contribution in [0.5, 0.6) is 17.2 Å². The van der Waals surface area contributed by atoms with Gasteiger partial charge in [-0.3, -0.25) is 4.79 Å². The average molecular weight is 428 g/mol. The van der Waals surface area contributed by atoms with Crippen molar-refractivity contribution < 1.29 is 14.3 Å². The number of amides is 1. The highest BCUT2D eigenvalue weighted by Crippen LogP contribution is 2.38. The Morgan fingerprint density at radius 2 is 1.62 bits per heavy atom. The van der Waals surface area contributed by atoms with Crippen LogP contribution in [0.1, 0.15) is 22.3 Å². The number of nitrogens with zero attached hydrogens (tertiary/aromatic N) is 3. The minimum absolute atomic E-state index is 0.00110. The molecular weight excluding hydrogens is 402 g/mol. The van der Waals surface area contributed by atoms with Gasteiger partial charge in [-0.25, -0.2) is 4.99 Å². The SMILES string of the molecule is COc1ccccc1C(=O)N1CCCN(C2=Nc3ccccc3Oc3ccccc32)CC1. The first kappa shape index (κ1) is 20.1. The van der Waals surface area contributed by atoms with Gasteiger partial charge in [0.25, 0.3) is 5.91 Å². The minimum Gasteiger partial charge on any atom is -0.496 e. The van der Waals surface area contributed by atoms with E-state index in [0.29, 0.717) is 30.9 Å². The number of fused-ring (bicyclic) bond motifs is 2. The summed E-state index contributed by atoms with van der Waals surface area (Å²) in [7, 11) is 1.60. The third-order valence-electron chi connectivity index (χ3n) is 5.86. The van der Waals surface area contributed by atoms with Gasteiger partial charge < -0.3 is 19.3 Å². The van der Waals surface area contributed by atoms with E-state index >= 15 is 0 Å². The van der Waals surface area contributed by atoms with Crippen LogP contribution in [0.4, 0.5) is 5.69 Å². The average Bonchev–Trinajstić information content (AvgIpc) is 3.18. The molecule has 0 bridgehead atoms. The summed E-state index contributed by atoms with van der Waals surface area (Å²) >= 11 is 0. The Kier molecular flexibility index (Phi) is 5.50. The zero-order chi connectivity index (χ0) is 21.9. The number of aliphatic imine (C=N–C) groups is 1. The summed E-state index contributed by atoms with van der Waals surface area (Å²) in [6.07, 6.45) is 0.852. The zero-order valence-electron chi connectivity index (χ0n) is 18.0. The Labute approximate surface area is 187 Å². The second-order valence-corrected chi connectivity index (χ2v) is 7.83. The number of hydrogen-bond acceptors (Lipinski definition) is 5. The van der Waals surface area contributed by atoms with E-state index in [2.05, 4.69) is 4.90 Å². The number of hydrogen-bond donors (Lipinski definition) is 0. The summed E-state index contributed by atoms with van der Waals surface area (Å²) < 4.78 is 11.6. The lowest BCUT2D eigenvalue weighted by Crippen LogP contribution is -2.37. The fourth-order valence-corrected chi connectivity index (χ4v) is 4.23. The fraction of sp³-hybridized carbons (Fsp3) is 0.231. The molecule has 0 aromatic heterocycles. The number of amidine groups is 1. The second kappa shape index (κ2) is 8.75. The number of ether oxygens (including phenoxy) is 2. The monoisotopic (exact) mass is 427 g/mol. The van der Waals surface area contributed by atoms with Crippen molar-refractivity contribution in [2.24, 2.45) is 4.99 Å². The molecule has 0 N–H and O–H groups in total. The molecule has 2 aliphatic rings. The molecule has 1 amide bonds. The minimum atomic E-state index is 0.00110. The van der Waals surface area contributed by atoms with Crippen molar-refractivity contribution >= 4 is 17.4 Å². The zero-order valence-corrected chi connectivity index (χ0v) is 18.0. The van der Waals surface area contributed by atoms with Crippen LogP contribution >= 0.6 is 0 Å². The molecule has 2 heterocycles. The molecule has 1 fully saturated rings. The summed E-state index contributed by atoms with van der Waals surface area (Å²) in [4.78, 5) is 22.4. The van der Waals surface area contributed by atoms with Crippen molar-refractivity contribution in [3.63, 3.8) is 0 Å². The molecule has 6 heteroatoms. The largest absolute Gasteiger partial charge is 0.496 e. The highest BCUT2D eigenvalue weighted by atomic mass is 16.5. The highest BCUT2D eigenvalue weighted by molar-refractivity contribution is 6.04. The van der Waals surface area contributed by atoms with Gasteiger partial charge in [0, 0.05) is 26.2 Å². The maximum absolute atomic E-state index is 13.2. The smallest absolute Gasteiger partial charge is 0.257 e. The van der Waals surface area contributed by atoms with Gasteiger partial charge in [0.1, 0.15) is 23.0 Å². The van der Waals surface area contributed by atoms with Gasteiger partial charge in [-0.15, -0.1) is 0 Å². The van der Waals surface area contributed by atoms with E-state index in [1.54, 1.807) is 7.11 Å². The number of benzene rings is 3. The summed E-state index contributed by atoms with van der Waals surface area (Å²) in [5.41, 5.74) is 2.38. The molecule has 162 valence electrons. The van der Waals surface area contributed by atoms with E-state index < -0.39 is 0 Å². The number of methoxy groups -OCH3 is 1. The summed E-state index contributed by atoms with van der Waals surface area (Å²) in [6.45, 7) is 2.80. The summed E-state index contributed by atoms with van der Waals surface area (Å²) in [5.74, 6) is 3.04. The van der Waals surface area contributed by atoms with Crippen LogP contribution in [0.25, 0.3) is 0 Å². The topological polar surface area (TPSA) is 54.4 Å². The van der Waals surface area contributed by atoms with Crippen LogP contribution in [0, 0.1) is 0 Å². The standard InChI is InChI=1S/C26H25N3O3/c1-31-22-12-5-3-10-20(22)26(30)29-16-8-15-28(17-18-29)25-19-9-2-6-13-23(19)32-24-14-7-4-11-21(24)27-25/h2-7,9-14H,8,15-18H2,1H3. The molecule has 0 unspecified atom stereocenters. The van der Waals surface area contributed by atoms with Gasteiger partial charge in [-0.1, -0.05) is 36.4 Å². The second-order valence-electron chi connectivity index (χ2n) is 7.83. The molecule has 2 aliphatic heterocycles. The van der Waals surface area contributed by atoms with Gasteiger partial charge in [-0.2, -0.15) is 0 Å². The summed E-state index contributed by atoms with van der Waals surface area (Å²) in [6, 6.07) is 23.2. The number of carbonyl (C=O) groups is 1. The Morgan fingerprint density at radius 3 is 2.50 bits per heavy atom. The first-order valence-electron chi connectivity index (χ1n) is 10.9. The van der Waals surface area contributed by atoms with Gasteiger partial charge in [0.05, 0.1) is 18.2 Å². The lowest BCUT2D eigenvalue weighted by molar-refractivity contribution is 0.0760. The molecule has 3 aromatic carbocycles. The van der Waals surface area contributed by atoms with E-state index in [1.807, 2.05) is 77.7 Å². The molecule has 0 spiro atoms. The third-order valence-corrected chi connectivity index (χ3v) is 5.86. The molecule has 5 rings (SSSR count). The maximum Gasteiger partial charge on any atom is 0.257 e. The van der Waals surface area contributed by atoms with Crippen LogP contribution in [0.3, 0.4) is 0 Å². The van der Waals surface area contributed by atoms with E-state index in [-0.39, 0.29) is 5.91 Å². The van der Waals surface area contributed by atoms with Crippen molar-refractivity contribution in [1.29, 1.82) is 0 Å². The van der Waals surface area contributed by atoms with Crippen molar-refractivity contribution in [2.75, 3.05) is 33.3 Å². The first-order valence-corrected chi connectivity index (χ1v) is 10.9. The molecule has 0 atom stereocenters. The molecule has 0 radical (unpaired) electrons. The van der Waals surface area contributed by atoms with E-state index in [0.717, 1.165) is 41.6 Å². The molecule has 0 saturated carbocycles. The van der Waals surface area contributed by atoms with Crippen molar-refractivity contribution in [1.82, 2.24) is 9.80 Å². The van der Waals surface area contributed by atoms with Crippen LogP contribution in [0.2, 0.25) is 0 Å². The molecule has 0 aliphatic carbocycles. The number of carbonyl (C=O) groups excluding carboxylic acids is 1. The van der Waals surface area contributed by atoms with Crippen LogP contribution in [-0.2, 0) is 0 Å². The Morgan fingerprint density at radius 1 is 0.875 bits per heavy atom.